The number of rotatable bonds is 6. The molecule has 0 saturated carbocycles. The Kier molecular flexibility index (Phi) is 5.87. The third kappa shape index (κ3) is 4.57. The van der Waals surface area contributed by atoms with Gasteiger partial charge in [0.2, 0.25) is 0 Å². The predicted octanol–water partition coefficient (Wildman–Crippen LogP) is 1.85. The molecule has 0 aromatic heterocycles. The van der Waals surface area contributed by atoms with Crippen LogP contribution in [0.5, 0.6) is 0 Å². The van der Waals surface area contributed by atoms with Crippen molar-refractivity contribution in [2.45, 2.75) is 19.4 Å². The Hall–Kier alpha value is -3.75. The van der Waals surface area contributed by atoms with Gasteiger partial charge in [0.15, 0.2) is 6.61 Å². The van der Waals surface area contributed by atoms with Crippen molar-refractivity contribution in [3.05, 3.63) is 69.8 Å². The largest absolute Gasteiger partial charge is 0.454 e. The molecule has 0 saturated heterocycles. The van der Waals surface area contributed by atoms with Crippen molar-refractivity contribution in [2.75, 3.05) is 18.1 Å². The van der Waals surface area contributed by atoms with Crippen molar-refractivity contribution in [1.82, 2.24) is 5.32 Å². The summed E-state index contributed by atoms with van der Waals surface area (Å²) in [6, 6.07) is 11.6. The Morgan fingerprint density at radius 3 is 2.72 bits per heavy atom. The maximum absolute atomic E-state index is 12.4. The molecular weight excluding hydrogens is 378 g/mol. The molecule has 1 aliphatic rings. The van der Waals surface area contributed by atoms with Crippen LogP contribution < -0.4 is 10.2 Å². The summed E-state index contributed by atoms with van der Waals surface area (Å²) in [5, 5.41) is 13.2. The van der Waals surface area contributed by atoms with Crippen LogP contribution in [0.4, 0.5) is 11.4 Å². The number of nitrogens with one attached hydrogen (secondary N) is 1. The smallest absolute Gasteiger partial charge is 0.328 e. The number of non-ortho nitro benzene ring substituents is 1. The number of fused-ring (bicyclic) bond motifs is 1. The Morgan fingerprint density at radius 2 is 1.97 bits per heavy atom. The van der Waals surface area contributed by atoms with Crippen molar-refractivity contribution in [3.63, 3.8) is 0 Å². The lowest BCUT2D eigenvalue weighted by atomic mass is 10.2. The second-order valence-corrected chi connectivity index (χ2v) is 6.53. The number of nitro benzene ring substituents is 1. The van der Waals surface area contributed by atoms with Gasteiger partial charge in [-0.2, -0.15) is 0 Å². The SMILES string of the molecule is C[C@H](NC(=O)c1cccc([N+](=O)[O-])c1)C(=O)OCC(=O)N1CCc2ccccc21. The van der Waals surface area contributed by atoms with Gasteiger partial charge in [-0.25, -0.2) is 4.79 Å². The molecule has 9 nitrogen and oxygen atoms in total. The zero-order chi connectivity index (χ0) is 21.0. The van der Waals surface area contributed by atoms with E-state index >= 15 is 0 Å². The average Bonchev–Trinajstić information content (AvgIpc) is 3.16. The minimum absolute atomic E-state index is 0.0450. The summed E-state index contributed by atoms with van der Waals surface area (Å²) in [5.74, 6) is -1.77. The molecule has 0 bridgehead atoms. The normalized spacial score (nSPS) is 13.3. The molecule has 1 atom stereocenters. The molecule has 0 radical (unpaired) electrons. The molecule has 0 unspecified atom stereocenters. The third-order valence-electron chi connectivity index (χ3n) is 4.55. The number of amides is 2. The van der Waals surface area contributed by atoms with Crippen LogP contribution in [0.25, 0.3) is 0 Å². The molecule has 1 N–H and O–H groups in total. The lowest BCUT2D eigenvalue weighted by Gasteiger charge is -2.18. The molecule has 0 fully saturated rings. The second-order valence-electron chi connectivity index (χ2n) is 6.53. The molecule has 2 aromatic rings. The fourth-order valence-electron chi connectivity index (χ4n) is 3.03. The predicted molar refractivity (Wildman–Crippen MR) is 103 cm³/mol. The number of anilines is 1. The number of para-hydroxylation sites is 1. The second kappa shape index (κ2) is 8.51. The van der Waals surface area contributed by atoms with Gasteiger partial charge in [-0.3, -0.25) is 19.7 Å². The van der Waals surface area contributed by atoms with Crippen LogP contribution in [0.2, 0.25) is 0 Å². The first-order valence-corrected chi connectivity index (χ1v) is 8.97. The number of ether oxygens (including phenoxy) is 1. The standard InChI is InChI=1S/C20H19N3O6/c1-13(21-19(25)15-6-4-7-16(11-15)23(27)28)20(26)29-12-18(24)22-10-9-14-5-2-3-8-17(14)22/h2-8,11,13H,9-10,12H2,1H3,(H,21,25)/t13-/m0/s1. The zero-order valence-corrected chi connectivity index (χ0v) is 15.7. The quantitative estimate of drug-likeness (QED) is 0.451. The van der Waals surface area contributed by atoms with Gasteiger partial charge >= 0.3 is 5.97 Å². The van der Waals surface area contributed by atoms with E-state index in [4.69, 9.17) is 4.74 Å². The molecule has 2 amide bonds. The molecule has 1 heterocycles. The number of benzene rings is 2. The van der Waals surface area contributed by atoms with Crippen LogP contribution >= 0.6 is 0 Å². The highest BCUT2D eigenvalue weighted by Gasteiger charge is 2.26. The summed E-state index contributed by atoms with van der Waals surface area (Å²) in [5.41, 5.74) is 1.68. The van der Waals surface area contributed by atoms with Crippen LogP contribution in [0, 0.1) is 10.1 Å². The first kappa shape index (κ1) is 20.0. The summed E-state index contributed by atoms with van der Waals surface area (Å²) < 4.78 is 5.04. The van der Waals surface area contributed by atoms with Crippen LogP contribution in [0.3, 0.4) is 0 Å². The maximum atomic E-state index is 12.4. The van der Waals surface area contributed by atoms with Gasteiger partial charge in [-0.05, 0) is 31.0 Å². The van der Waals surface area contributed by atoms with Gasteiger partial charge in [0.1, 0.15) is 6.04 Å². The zero-order valence-electron chi connectivity index (χ0n) is 15.7. The topological polar surface area (TPSA) is 119 Å². The molecule has 2 aromatic carbocycles. The molecule has 3 rings (SSSR count). The number of carbonyl (C=O) groups excluding carboxylic acids is 3. The summed E-state index contributed by atoms with van der Waals surface area (Å²) in [6.45, 7) is 1.49. The first-order valence-electron chi connectivity index (χ1n) is 8.97. The molecule has 1 aliphatic heterocycles. The highest BCUT2D eigenvalue weighted by Crippen LogP contribution is 2.27. The van der Waals surface area contributed by atoms with Gasteiger partial charge in [0.05, 0.1) is 4.92 Å². The Labute approximate surface area is 166 Å². The van der Waals surface area contributed by atoms with Crippen molar-refractivity contribution >= 4 is 29.2 Å². The number of nitro groups is 1. The lowest BCUT2D eigenvalue weighted by molar-refractivity contribution is -0.384. The Balaban J connectivity index is 1.53. The van der Waals surface area contributed by atoms with Crippen LogP contribution in [-0.2, 0) is 20.7 Å². The highest BCUT2D eigenvalue weighted by atomic mass is 16.6. The summed E-state index contributed by atoms with van der Waals surface area (Å²) in [4.78, 5) is 48.5. The van der Waals surface area contributed by atoms with Crippen molar-refractivity contribution in [3.8, 4) is 0 Å². The molecule has 0 aliphatic carbocycles. The van der Waals surface area contributed by atoms with Gasteiger partial charge in [0.25, 0.3) is 17.5 Å². The molecule has 9 heteroatoms. The lowest BCUT2D eigenvalue weighted by Crippen LogP contribution is -2.41. The maximum Gasteiger partial charge on any atom is 0.328 e. The fourth-order valence-corrected chi connectivity index (χ4v) is 3.03. The van der Waals surface area contributed by atoms with E-state index in [0.717, 1.165) is 23.7 Å². The monoisotopic (exact) mass is 397 g/mol. The molecule has 29 heavy (non-hydrogen) atoms. The van der Waals surface area contributed by atoms with E-state index in [1.165, 1.54) is 25.1 Å². The van der Waals surface area contributed by atoms with E-state index in [0.29, 0.717) is 6.54 Å². The van der Waals surface area contributed by atoms with Crippen LogP contribution in [0.1, 0.15) is 22.8 Å². The molecule has 0 spiro atoms. The number of carbonyl (C=O) groups is 3. The van der Waals surface area contributed by atoms with Gasteiger partial charge in [0, 0.05) is 29.9 Å². The van der Waals surface area contributed by atoms with Crippen molar-refractivity contribution < 1.29 is 24.0 Å². The minimum atomic E-state index is -1.03. The number of nitrogens with zero attached hydrogens (tertiary/aromatic N) is 2. The fraction of sp³-hybridized carbons (Fsp3) is 0.250. The van der Waals surface area contributed by atoms with E-state index in [2.05, 4.69) is 5.32 Å². The van der Waals surface area contributed by atoms with E-state index < -0.39 is 29.4 Å². The molecular formula is C20H19N3O6. The van der Waals surface area contributed by atoms with Gasteiger partial charge in [-0.1, -0.05) is 24.3 Å². The highest BCUT2D eigenvalue weighted by molar-refractivity contribution is 5.99. The van der Waals surface area contributed by atoms with E-state index in [9.17, 15) is 24.5 Å². The molecule has 150 valence electrons. The summed E-state index contributed by atoms with van der Waals surface area (Å²) in [6.07, 6.45) is 0.742. The van der Waals surface area contributed by atoms with E-state index in [-0.39, 0.29) is 17.2 Å². The first-order chi connectivity index (χ1) is 13.9. The summed E-state index contributed by atoms with van der Waals surface area (Å²) in [7, 11) is 0. The number of esters is 1. The minimum Gasteiger partial charge on any atom is -0.454 e. The number of hydrogen-bond acceptors (Lipinski definition) is 6. The van der Waals surface area contributed by atoms with Gasteiger partial charge in [-0.15, -0.1) is 0 Å². The van der Waals surface area contributed by atoms with Crippen molar-refractivity contribution in [1.29, 1.82) is 0 Å². The van der Waals surface area contributed by atoms with Crippen molar-refractivity contribution in [2.24, 2.45) is 0 Å². The Bertz CT molecular complexity index is 974. The van der Waals surface area contributed by atoms with E-state index in [1.54, 1.807) is 4.90 Å². The van der Waals surface area contributed by atoms with Gasteiger partial charge < -0.3 is 15.0 Å². The average molecular weight is 397 g/mol. The van der Waals surface area contributed by atoms with Crippen LogP contribution in [-0.4, -0.2) is 41.9 Å². The number of hydrogen-bond donors (Lipinski definition) is 1. The van der Waals surface area contributed by atoms with E-state index in [1.807, 2.05) is 24.3 Å². The third-order valence-corrected chi connectivity index (χ3v) is 4.55. The van der Waals surface area contributed by atoms with Crippen LogP contribution in [0.15, 0.2) is 48.5 Å². The summed E-state index contributed by atoms with van der Waals surface area (Å²) >= 11 is 0. The Morgan fingerprint density at radius 1 is 1.21 bits per heavy atom.